The SMILES string of the molecule is C=COCc1cccc2cccc(COC=C)c12. The van der Waals surface area contributed by atoms with Crippen LogP contribution in [0, 0.1) is 0 Å². The fourth-order valence-electron chi connectivity index (χ4n) is 2.04. The van der Waals surface area contributed by atoms with Crippen molar-refractivity contribution < 1.29 is 9.47 Å². The maximum Gasteiger partial charge on any atom is 0.113 e. The first-order chi connectivity index (χ1) is 8.86. The summed E-state index contributed by atoms with van der Waals surface area (Å²) >= 11 is 0. The van der Waals surface area contributed by atoms with Crippen LogP contribution in [0.4, 0.5) is 0 Å². The van der Waals surface area contributed by atoms with Gasteiger partial charge in [-0.2, -0.15) is 0 Å². The Kier molecular flexibility index (Phi) is 4.02. The summed E-state index contributed by atoms with van der Waals surface area (Å²) in [6, 6.07) is 12.4. The summed E-state index contributed by atoms with van der Waals surface area (Å²) in [6.07, 6.45) is 2.92. The molecule has 0 N–H and O–H groups in total. The van der Waals surface area contributed by atoms with Crippen molar-refractivity contribution in [3.8, 4) is 0 Å². The van der Waals surface area contributed by atoms with Crippen LogP contribution in [0.2, 0.25) is 0 Å². The number of hydrogen-bond donors (Lipinski definition) is 0. The van der Waals surface area contributed by atoms with Gasteiger partial charge in [-0.05, 0) is 21.9 Å². The van der Waals surface area contributed by atoms with E-state index in [2.05, 4.69) is 37.4 Å². The lowest BCUT2D eigenvalue weighted by Gasteiger charge is -2.11. The molecule has 0 aliphatic heterocycles. The summed E-state index contributed by atoms with van der Waals surface area (Å²) < 4.78 is 10.6. The Labute approximate surface area is 107 Å². The summed E-state index contributed by atoms with van der Waals surface area (Å²) in [7, 11) is 0. The van der Waals surface area contributed by atoms with Gasteiger partial charge in [0, 0.05) is 0 Å². The van der Waals surface area contributed by atoms with Gasteiger partial charge in [-0.25, -0.2) is 0 Å². The zero-order valence-electron chi connectivity index (χ0n) is 10.3. The van der Waals surface area contributed by atoms with Gasteiger partial charge in [-0.1, -0.05) is 49.6 Å². The smallest absolute Gasteiger partial charge is 0.113 e. The fraction of sp³-hybridized carbons (Fsp3) is 0.125. The topological polar surface area (TPSA) is 18.5 Å². The third kappa shape index (κ3) is 2.54. The van der Waals surface area contributed by atoms with Gasteiger partial charge in [0.1, 0.15) is 13.2 Å². The van der Waals surface area contributed by atoms with E-state index in [0.29, 0.717) is 13.2 Å². The van der Waals surface area contributed by atoms with Crippen LogP contribution < -0.4 is 0 Å². The highest BCUT2D eigenvalue weighted by atomic mass is 16.5. The van der Waals surface area contributed by atoms with E-state index in [1.165, 1.54) is 23.3 Å². The van der Waals surface area contributed by atoms with Crippen LogP contribution in [0.5, 0.6) is 0 Å². The minimum absolute atomic E-state index is 0.520. The Morgan fingerprint density at radius 1 is 0.833 bits per heavy atom. The molecule has 2 aromatic carbocycles. The molecule has 0 atom stereocenters. The van der Waals surface area contributed by atoms with Crippen LogP contribution in [0.3, 0.4) is 0 Å². The zero-order chi connectivity index (χ0) is 12.8. The van der Waals surface area contributed by atoms with Crippen molar-refractivity contribution in [2.24, 2.45) is 0 Å². The average molecular weight is 240 g/mol. The molecule has 0 bridgehead atoms. The molecule has 0 fully saturated rings. The third-order valence-corrected chi connectivity index (χ3v) is 2.79. The highest BCUT2D eigenvalue weighted by molar-refractivity contribution is 5.88. The van der Waals surface area contributed by atoms with Crippen molar-refractivity contribution in [3.63, 3.8) is 0 Å². The molecule has 0 spiro atoms. The molecular formula is C16H16O2. The molecule has 0 saturated heterocycles. The molecule has 0 radical (unpaired) electrons. The van der Waals surface area contributed by atoms with E-state index in [1.807, 2.05) is 12.1 Å². The zero-order valence-corrected chi connectivity index (χ0v) is 10.3. The molecule has 2 aromatic rings. The van der Waals surface area contributed by atoms with Crippen molar-refractivity contribution >= 4 is 10.8 Å². The number of rotatable bonds is 6. The number of fused-ring (bicyclic) bond motifs is 1. The van der Waals surface area contributed by atoms with Crippen molar-refractivity contribution in [1.82, 2.24) is 0 Å². The second-order valence-electron chi connectivity index (χ2n) is 3.89. The molecule has 2 heteroatoms. The molecule has 0 heterocycles. The van der Waals surface area contributed by atoms with Crippen LogP contribution in [0.15, 0.2) is 62.1 Å². The number of hydrogen-bond acceptors (Lipinski definition) is 2. The van der Waals surface area contributed by atoms with Gasteiger partial charge < -0.3 is 9.47 Å². The summed E-state index contributed by atoms with van der Waals surface area (Å²) in [5, 5.41) is 2.37. The Balaban J connectivity index is 2.48. The lowest BCUT2D eigenvalue weighted by Crippen LogP contribution is -1.94. The lowest BCUT2D eigenvalue weighted by molar-refractivity contribution is 0.235. The molecule has 18 heavy (non-hydrogen) atoms. The van der Waals surface area contributed by atoms with E-state index < -0.39 is 0 Å². The summed E-state index contributed by atoms with van der Waals surface area (Å²) in [5.74, 6) is 0. The average Bonchev–Trinajstić information content (AvgIpc) is 2.42. The van der Waals surface area contributed by atoms with E-state index in [0.717, 1.165) is 11.1 Å². The first-order valence-electron chi connectivity index (χ1n) is 5.81. The van der Waals surface area contributed by atoms with Crippen molar-refractivity contribution in [2.75, 3.05) is 0 Å². The lowest BCUT2D eigenvalue weighted by atomic mass is 10.00. The first kappa shape index (κ1) is 12.2. The molecule has 0 aliphatic rings. The van der Waals surface area contributed by atoms with E-state index in [9.17, 15) is 0 Å². The second-order valence-corrected chi connectivity index (χ2v) is 3.89. The minimum Gasteiger partial charge on any atom is -0.497 e. The van der Waals surface area contributed by atoms with Gasteiger partial charge >= 0.3 is 0 Å². The predicted octanol–water partition coefficient (Wildman–Crippen LogP) is 4.16. The maximum absolute atomic E-state index is 5.29. The number of ether oxygens (including phenoxy) is 2. The molecule has 0 aromatic heterocycles. The summed E-state index contributed by atoms with van der Waals surface area (Å²) in [5.41, 5.74) is 2.27. The molecule has 0 unspecified atom stereocenters. The highest BCUT2D eigenvalue weighted by Gasteiger charge is 2.06. The van der Waals surface area contributed by atoms with Gasteiger partial charge in [0.25, 0.3) is 0 Å². The van der Waals surface area contributed by atoms with Gasteiger partial charge in [0.05, 0.1) is 12.5 Å². The molecular weight excluding hydrogens is 224 g/mol. The van der Waals surface area contributed by atoms with Gasteiger partial charge in [-0.3, -0.25) is 0 Å². The molecule has 2 rings (SSSR count). The van der Waals surface area contributed by atoms with Crippen LogP contribution >= 0.6 is 0 Å². The van der Waals surface area contributed by atoms with Gasteiger partial charge in [0.2, 0.25) is 0 Å². The van der Waals surface area contributed by atoms with Crippen molar-refractivity contribution in [1.29, 1.82) is 0 Å². The van der Waals surface area contributed by atoms with E-state index in [-0.39, 0.29) is 0 Å². The summed E-state index contributed by atoms with van der Waals surface area (Å²) in [4.78, 5) is 0. The normalized spacial score (nSPS) is 10.0. The predicted molar refractivity (Wildman–Crippen MR) is 73.9 cm³/mol. The van der Waals surface area contributed by atoms with Crippen LogP contribution in [-0.2, 0) is 22.7 Å². The number of benzene rings is 2. The Morgan fingerprint density at radius 3 is 1.78 bits per heavy atom. The summed E-state index contributed by atoms with van der Waals surface area (Å²) in [6.45, 7) is 8.17. The molecule has 0 saturated carbocycles. The second kappa shape index (κ2) is 5.92. The Morgan fingerprint density at radius 2 is 1.33 bits per heavy atom. The van der Waals surface area contributed by atoms with E-state index in [4.69, 9.17) is 9.47 Å². The Hall–Kier alpha value is -2.22. The van der Waals surface area contributed by atoms with Crippen molar-refractivity contribution in [3.05, 3.63) is 73.2 Å². The first-order valence-corrected chi connectivity index (χ1v) is 5.81. The van der Waals surface area contributed by atoms with Crippen LogP contribution in [-0.4, -0.2) is 0 Å². The van der Waals surface area contributed by atoms with Crippen LogP contribution in [0.25, 0.3) is 10.8 Å². The minimum atomic E-state index is 0.520. The fourth-order valence-corrected chi connectivity index (χ4v) is 2.04. The highest BCUT2D eigenvalue weighted by Crippen LogP contribution is 2.24. The maximum atomic E-state index is 5.29. The quantitative estimate of drug-likeness (QED) is 0.706. The largest absolute Gasteiger partial charge is 0.497 e. The van der Waals surface area contributed by atoms with E-state index in [1.54, 1.807) is 0 Å². The van der Waals surface area contributed by atoms with Crippen LogP contribution in [0.1, 0.15) is 11.1 Å². The van der Waals surface area contributed by atoms with Gasteiger partial charge in [0.15, 0.2) is 0 Å². The molecule has 0 aliphatic carbocycles. The Bertz CT molecular complexity index is 511. The van der Waals surface area contributed by atoms with Gasteiger partial charge in [-0.15, -0.1) is 0 Å². The monoisotopic (exact) mass is 240 g/mol. The third-order valence-electron chi connectivity index (χ3n) is 2.79. The molecule has 92 valence electrons. The van der Waals surface area contributed by atoms with E-state index >= 15 is 0 Å². The standard InChI is InChI=1S/C16H16O2/c1-3-17-11-14-9-5-7-13-8-6-10-15(16(13)14)12-18-4-2/h3-10H,1-2,11-12H2. The van der Waals surface area contributed by atoms with Crippen molar-refractivity contribution in [2.45, 2.75) is 13.2 Å². The molecule has 0 amide bonds. The molecule has 2 nitrogen and oxygen atoms in total.